The summed E-state index contributed by atoms with van der Waals surface area (Å²) >= 11 is 0. The van der Waals surface area contributed by atoms with Crippen molar-refractivity contribution in [3.8, 4) is 0 Å². The van der Waals surface area contributed by atoms with Crippen LogP contribution < -0.4 is 4.90 Å². The SMILES string of the molecule is Cc1ccc(N2C(=O)C[C@@H](c3cccnc3)C3=C2CCCC3=O)cc1. The number of benzene rings is 1. The van der Waals surface area contributed by atoms with Gasteiger partial charge in [0.15, 0.2) is 5.78 Å². The molecule has 0 fully saturated rings. The number of anilines is 1. The van der Waals surface area contributed by atoms with Crippen molar-refractivity contribution in [1.82, 2.24) is 4.98 Å². The van der Waals surface area contributed by atoms with Crippen molar-refractivity contribution < 1.29 is 9.59 Å². The molecule has 1 aliphatic carbocycles. The molecule has 25 heavy (non-hydrogen) atoms. The summed E-state index contributed by atoms with van der Waals surface area (Å²) in [5.41, 5.74) is 4.63. The van der Waals surface area contributed by atoms with Gasteiger partial charge in [0.05, 0.1) is 0 Å². The average molecular weight is 332 g/mol. The normalized spacial score (nSPS) is 20.7. The average Bonchev–Trinajstić information content (AvgIpc) is 2.63. The Hall–Kier alpha value is -2.75. The lowest BCUT2D eigenvalue weighted by Gasteiger charge is -2.38. The van der Waals surface area contributed by atoms with E-state index in [2.05, 4.69) is 4.98 Å². The smallest absolute Gasteiger partial charge is 0.232 e. The first kappa shape index (κ1) is 15.8. The Kier molecular flexibility index (Phi) is 3.96. The highest BCUT2D eigenvalue weighted by molar-refractivity contribution is 6.07. The Bertz CT molecular complexity index is 853. The fourth-order valence-corrected chi connectivity index (χ4v) is 3.85. The van der Waals surface area contributed by atoms with E-state index in [-0.39, 0.29) is 17.6 Å². The van der Waals surface area contributed by atoms with Gasteiger partial charge in [0.25, 0.3) is 0 Å². The van der Waals surface area contributed by atoms with Crippen LogP contribution >= 0.6 is 0 Å². The van der Waals surface area contributed by atoms with Gasteiger partial charge in [0.1, 0.15) is 0 Å². The van der Waals surface area contributed by atoms with Gasteiger partial charge in [0.2, 0.25) is 5.91 Å². The Labute approximate surface area is 147 Å². The number of allylic oxidation sites excluding steroid dienone is 2. The number of ketones is 1. The molecule has 1 aliphatic heterocycles. The maximum Gasteiger partial charge on any atom is 0.232 e. The molecule has 2 heterocycles. The molecule has 1 atom stereocenters. The molecule has 4 nitrogen and oxygen atoms in total. The van der Waals surface area contributed by atoms with Crippen LogP contribution in [0.15, 0.2) is 60.1 Å². The number of aryl methyl sites for hydroxylation is 1. The molecule has 1 aromatic carbocycles. The monoisotopic (exact) mass is 332 g/mol. The van der Waals surface area contributed by atoms with Crippen LogP contribution in [0.2, 0.25) is 0 Å². The number of hydrogen-bond acceptors (Lipinski definition) is 3. The quantitative estimate of drug-likeness (QED) is 0.837. The van der Waals surface area contributed by atoms with Crippen LogP contribution in [0.3, 0.4) is 0 Å². The fraction of sp³-hybridized carbons (Fsp3) is 0.286. The number of rotatable bonds is 2. The molecule has 126 valence electrons. The summed E-state index contributed by atoms with van der Waals surface area (Å²) in [6.07, 6.45) is 5.91. The molecule has 1 amide bonds. The van der Waals surface area contributed by atoms with Gasteiger partial charge in [-0.15, -0.1) is 0 Å². The zero-order chi connectivity index (χ0) is 17.4. The highest BCUT2D eigenvalue weighted by atomic mass is 16.2. The number of pyridine rings is 1. The Morgan fingerprint density at radius 1 is 1.08 bits per heavy atom. The molecule has 0 saturated carbocycles. The first-order valence-corrected chi connectivity index (χ1v) is 8.71. The molecule has 0 radical (unpaired) electrons. The molecule has 2 aliphatic rings. The molecule has 0 spiro atoms. The van der Waals surface area contributed by atoms with Gasteiger partial charge >= 0.3 is 0 Å². The number of amides is 1. The number of Topliss-reactive ketones (excluding diaryl/α,β-unsaturated/α-hetero) is 1. The van der Waals surface area contributed by atoms with E-state index in [9.17, 15) is 9.59 Å². The zero-order valence-corrected chi connectivity index (χ0v) is 14.2. The van der Waals surface area contributed by atoms with E-state index in [4.69, 9.17) is 0 Å². The van der Waals surface area contributed by atoms with Crippen LogP contribution in [-0.2, 0) is 9.59 Å². The van der Waals surface area contributed by atoms with E-state index >= 15 is 0 Å². The van der Waals surface area contributed by atoms with Gasteiger partial charge in [-0.3, -0.25) is 19.5 Å². The van der Waals surface area contributed by atoms with Crippen molar-refractivity contribution in [3.63, 3.8) is 0 Å². The van der Waals surface area contributed by atoms with Crippen LogP contribution in [0, 0.1) is 6.92 Å². The van der Waals surface area contributed by atoms with Gasteiger partial charge < -0.3 is 0 Å². The number of carbonyl (C=O) groups excluding carboxylic acids is 2. The summed E-state index contributed by atoms with van der Waals surface area (Å²) in [6.45, 7) is 2.02. The van der Waals surface area contributed by atoms with Gasteiger partial charge in [-0.05, 0) is 43.5 Å². The van der Waals surface area contributed by atoms with E-state index < -0.39 is 0 Å². The summed E-state index contributed by atoms with van der Waals surface area (Å²) in [4.78, 5) is 31.7. The van der Waals surface area contributed by atoms with E-state index in [0.29, 0.717) is 12.8 Å². The summed E-state index contributed by atoms with van der Waals surface area (Å²) in [5, 5.41) is 0. The molecule has 0 N–H and O–H groups in total. The van der Waals surface area contributed by atoms with Crippen molar-refractivity contribution in [2.75, 3.05) is 4.90 Å². The van der Waals surface area contributed by atoms with Gasteiger partial charge in [0, 0.05) is 48.1 Å². The second kappa shape index (κ2) is 6.28. The summed E-state index contributed by atoms with van der Waals surface area (Å²) < 4.78 is 0. The number of hydrogen-bond donors (Lipinski definition) is 0. The van der Waals surface area contributed by atoms with Crippen LogP contribution in [0.5, 0.6) is 0 Å². The largest absolute Gasteiger partial charge is 0.294 e. The highest BCUT2D eigenvalue weighted by Crippen LogP contribution is 2.43. The Morgan fingerprint density at radius 3 is 2.60 bits per heavy atom. The molecular formula is C21H20N2O2. The topological polar surface area (TPSA) is 50.3 Å². The molecular weight excluding hydrogens is 312 g/mol. The maximum atomic E-state index is 13.0. The minimum atomic E-state index is -0.175. The van der Waals surface area contributed by atoms with Gasteiger partial charge in [-0.1, -0.05) is 23.8 Å². The van der Waals surface area contributed by atoms with Crippen molar-refractivity contribution in [3.05, 3.63) is 71.2 Å². The maximum absolute atomic E-state index is 13.0. The minimum absolute atomic E-state index is 0.0474. The molecule has 0 unspecified atom stereocenters. The third kappa shape index (κ3) is 2.78. The number of nitrogens with zero attached hydrogens (tertiary/aromatic N) is 2. The number of carbonyl (C=O) groups is 2. The Balaban J connectivity index is 1.85. The predicted octanol–water partition coefficient (Wildman–Crippen LogP) is 3.92. The molecule has 1 aromatic heterocycles. The van der Waals surface area contributed by atoms with Gasteiger partial charge in [-0.2, -0.15) is 0 Å². The summed E-state index contributed by atoms with van der Waals surface area (Å²) in [5.74, 6) is 0.0385. The summed E-state index contributed by atoms with van der Waals surface area (Å²) in [7, 11) is 0. The first-order chi connectivity index (χ1) is 12.1. The van der Waals surface area contributed by atoms with E-state index in [1.54, 1.807) is 17.3 Å². The van der Waals surface area contributed by atoms with Gasteiger partial charge in [-0.25, -0.2) is 0 Å². The lowest BCUT2D eigenvalue weighted by atomic mass is 9.77. The lowest BCUT2D eigenvalue weighted by molar-refractivity contribution is -0.119. The molecule has 4 rings (SSSR count). The van der Waals surface area contributed by atoms with E-state index in [1.807, 2.05) is 43.3 Å². The molecule has 0 saturated heterocycles. The van der Waals surface area contributed by atoms with Crippen molar-refractivity contribution in [2.45, 2.75) is 38.5 Å². The van der Waals surface area contributed by atoms with Crippen molar-refractivity contribution >= 4 is 17.4 Å². The third-order valence-electron chi connectivity index (χ3n) is 5.05. The second-order valence-electron chi connectivity index (χ2n) is 6.74. The lowest BCUT2D eigenvalue weighted by Crippen LogP contribution is -2.40. The standard InChI is InChI=1S/C21H20N2O2/c1-14-7-9-16(10-8-14)23-18-5-2-6-19(24)21(18)17(12-20(23)25)15-4-3-11-22-13-15/h3-4,7-11,13,17H,2,5-6,12H2,1H3/t17-/m0/s1. The van der Waals surface area contributed by atoms with Crippen LogP contribution in [0.1, 0.15) is 42.7 Å². The zero-order valence-electron chi connectivity index (χ0n) is 14.2. The Morgan fingerprint density at radius 2 is 1.88 bits per heavy atom. The van der Waals surface area contributed by atoms with Crippen LogP contribution in [-0.4, -0.2) is 16.7 Å². The molecule has 0 bridgehead atoms. The van der Waals surface area contributed by atoms with Crippen LogP contribution in [0.4, 0.5) is 5.69 Å². The minimum Gasteiger partial charge on any atom is -0.294 e. The van der Waals surface area contributed by atoms with E-state index in [0.717, 1.165) is 40.9 Å². The highest BCUT2D eigenvalue weighted by Gasteiger charge is 2.39. The molecule has 4 heteroatoms. The predicted molar refractivity (Wildman–Crippen MR) is 96.1 cm³/mol. The second-order valence-corrected chi connectivity index (χ2v) is 6.74. The van der Waals surface area contributed by atoms with Crippen LogP contribution in [0.25, 0.3) is 0 Å². The van der Waals surface area contributed by atoms with Crippen molar-refractivity contribution in [1.29, 1.82) is 0 Å². The summed E-state index contributed by atoms with van der Waals surface area (Å²) in [6, 6.07) is 11.7. The third-order valence-corrected chi connectivity index (χ3v) is 5.05. The molecule has 2 aromatic rings. The number of aromatic nitrogens is 1. The van der Waals surface area contributed by atoms with E-state index in [1.165, 1.54) is 0 Å². The fourth-order valence-electron chi connectivity index (χ4n) is 3.85. The van der Waals surface area contributed by atoms with Crippen molar-refractivity contribution in [2.24, 2.45) is 0 Å². The first-order valence-electron chi connectivity index (χ1n) is 8.71.